The third kappa shape index (κ3) is 1.95. The van der Waals surface area contributed by atoms with Crippen molar-refractivity contribution in [3.8, 4) is 0 Å². The molecule has 1 heterocycles. The van der Waals surface area contributed by atoms with Crippen LogP contribution in [0.1, 0.15) is 27.9 Å². The van der Waals surface area contributed by atoms with E-state index in [9.17, 15) is 23.7 Å². The van der Waals surface area contributed by atoms with Crippen LogP contribution in [-0.2, 0) is 0 Å². The summed E-state index contributed by atoms with van der Waals surface area (Å²) >= 11 is 0. The molecule has 0 spiro atoms. The third-order valence-corrected chi connectivity index (χ3v) is 1.97. The summed E-state index contributed by atoms with van der Waals surface area (Å²) in [7, 11) is 0. The first-order valence-electron chi connectivity index (χ1n) is 4.01. The Balaban J connectivity index is 3.54. The van der Waals surface area contributed by atoms with Gasteiger partial charge in [-0.3, -0.25) is 0 Å². The maximum Gasteiger partial charge on any atom is 0.366 e. The van der Waals surface area contributed by atoms with Gasteiger partial charge in [0, 0.05) is 5.56 Å². The van der Waals surface area contributed by atoms with E-state index in [1.807, 2.05) is 0 Å². The number of pyridine rings is 1. The maximum absolute atomic E-state index is 12.6. The van der Waals surface area contributed by atoms with Gasteiger partial charge in [0.1, 0.15) is 5.56 Å². The number of nitrogens with zero attached hydrogens (tertiary/aromatic N) is 2. The normalized spacial score (nSPS) is 10.5. The first-order valence-corrected chi connectivity index (χ1v) is 4.01. The zero-order chi connectivity index (χ0) is 12.5. The second kappa shape index (κ2) is 4.17. The van der Waals surface area contributed by atoms with E-state index in [1.165, 1.54) is 0 Å². The van der Waals surface area contributed by atoms with Crippen molar-refractivity contribution < 1.29 is 23.6 Å². The third-order valence-electron chi connectivity index (χ3n) is 1.97. The van der Waals surface area contributed by atoms with Crippen LogP contribution in [0.2, 0.25) is 0 Å². The number of aromatic nitrogens is 1. The minimum atomic E-state index is -3.10. The molecule has 0 aliphatic heterocycles. The Morgan fingerprint density at radius 2 is 2.19 bits per heavy atom. The lowest BCUT2D eigenvalue weighted by atomic mass is 10.1. The Bertz CT molecular complexity index is 462. The quantitative estimate of drug-likeness (QED) is 0.634. The fraction of sp³-hybridized carbons (Fsp3) is 0.250. The van der Waals surface area contributed by atoms with Crippen LogP contribution in [-0.4, -0.2) is 21.0 Å². The molecule has 0 fully saturated rings. The highest BCUT2D eigenvalue weighted by Crippen LogP contribution is 2.30. The van der Waals surface area contributed by atoms with Crippen molar-refractivity contribution in [3.05, 3.63) is 33.0 Å². The number of nitro groups is 1. The Morgan fingerprint density at radius 3 is 2.56 bits per heavy atom. The van der Waals surface area contributed by atoms with E-state index >= 15 is 0 Å². The number of halogens is 2. The molecule has 0 aliphatic carbocycles. The molecule has 16 heavy (non-hydrogen) atoms. The summed E-state index contributed by atoms with van der Waals surface area (Å²) in [4.78, 5) is 23.3. The van der Waals surface area contributed by atoms with Crippen molar-refractivity contribution in [2.24, 2.45) is 0 Å². The zero-order valence-corrected chi connectivity index (χ0v) is 7.98. The van der Waals surface area contributed by atoms with Gasteiger partial charge in [0.2, 0.25) is 0 Å². The summed E-state index contributed by atoms with van der Waals surface area (Å²) in [6, 6.07) is 0. The molecule has 86 valence electrons. The molecule has 0 aliphatic rings. The minimum absolute atomic E-state index is 0.431. The number of carboxylic acids is 1. The molecular formula is C8H6F2N2O4. The Labute approximate surface area is 87.7 Å². The Hall–Kier alpha value is -2.12. The van der Waals surface area contributed by atoms with Crippen molar-refractivity contribution in [2.45, 2.75) is 13.3 Å². The number of carboxylic acid groups (broad SMARTS) is 1. The van der Waals surface area contributed by atoms with Gasteiger partial charge in [0.25, 0.3) is 6.43 Å². The number of rotatable bonds is 3. The highest BCUT2D eigenvalue weighted by atomic mass is 19.3. The highest BCUT2D eigenvalue weighted by Gasteiger charge is 2.28. The molecular weight excluding hydrogens is 226 g/mol. The lowest BCUT2D eigenvalue weighted by molar-refractivity contribution is -0.390. The van der Waals surface area contributed by atoms with Crippen LogP contribution >= 0.6 is 0 Å². The lowest BCUT2D eigenvalue weighted by Crippen LogP contribution is -2.09. The molecule has 8 heteroatoms. The molecule has 6 nitrogen and oxygen atoms in total. The fourth-order valence-corrected chi connectivity index (χ4v) is 1.25. The molecule has 0 unspecified atom stereocenters. The molecule has 0 aromatic carbocycles. The number of hydrogen-bond acceptors (Lipinski definition) is 4. The van der Waals surface area contributed by atoms with Crippen LogP contribution in [0.5, 0.6) is 0 Å². The van der Waals surface area contributed by atoms with E-state index in [2.05, 4.69) is 4.98 Å². The molecule has 1 aromatic heterocycles. The fourth-order valence-electron chi connectivity index (χ4n) is 1.25. The Kier molecular flexibility index (Phi) is 3.11. The molecule has 0 saturated carbocycles. The molecule has 0 saturated heterocycles. The molecule has 1 N–H and O–H groups in total. The second-order valence-corrected chi connectivity index (χ2v) is 2.90. The number of carbonyl (C=O) groups is 1. The van der Waals surface area contributed by atoms with Gasteiger partial charge in [-0.15, -0.1) is 0 Å². The van der Waals surface area contributed by atoms with Gasteiger partial charge in [-0.05, 0) is 16.8 Å². The van der Waals surface area contributed by atoms with Crippen molar-refractivity contribution in [2.75, 3.05) is 0 Å². The van der Waals surface area contributed by atoms with E-state index in [0.29, 0.717) is 6.20 Å². The summed E-state index contributed by atoms with van der Waals surface area (Å²) < 4.78 is 25.2. The summed E-state index contributed by atoms with van der Waals surface area (Å²) in [6.07, 6.45) is -2.54. The second-order valence-electron chi connectivity index (χ2n) is 2.90. The number of aromatic carboxylic acids is 1. The predicted octanol–water partition coefficient (Wildman–Crippen LogP) is 1.93. The van der Waals surface area contributed by atoms with Crippen molar-refractivity contribution in [1.82, 2.24) is 4.98 Å². The molecule has 0 bridgehead atoms. The van der Waals surface area contributed by atoms with Gasteiger partial charge in [0.05, 0.1) is 5.56 Å². The maximum atomic E-state index is 12.6. The van der Waals surface area contributed by atoms with Crippen molar-refractivity contribution in [1.29, 1.82) is 0 Å². The Morgan fingerprint density at radius 1 is 1.62 bits per heavy atom. The average molecular weight is 232 g/mol. The molecule has 0 atom stereocenters. The van der Waals surface area contributed by atoms with Crippen LogP contribution in [0.25, 0.3) is 0 Å². The van der Waals surface area contributed by atoms with E-state index in [0.717, 1.165) is 6.92 Å². The molecule has 0 amide bonds. The largest absolute Gasteiger partial charge is 0.478 e. The highest BCUT2D eigenvalue weighted by molar-refractivity contribution is 5.89. The van der Waals surface area contributed by atoms with E-state index in [-0.39, 0.29) is 0 Å². The first kappa shape index (κ1) is 12.0. The lowest BCUT2D eigenvalue weighted by Gasteiger charge is -2.07. The number of hydrogen-bond donors (Lipinski definition) is 1. The van der Waals surface area contributed by atoms with Gasteiger partial charge in [-0.1, -0.05) is 0 Å². The standard InChI is InChI=1S/C8H6F2N2O4/c1-3-5(6(9)10)4(8(13)14)2-11-7(3)12(15)16/h2,6H,1H3,(H,13,14). The predicted molar refractivity (Wildman–Crippen MR) is 47.5 cm³/mol. The van der Waals surface area contributed by atoms with E-state index in [4.69, 9.17) is 5.11 Å². The minimum Gasteiger partial charge on any atom is -0.478 e. The van der Waals surface area contributed by atoms with Crippen molar-refractivity contribution in [3.63, 3.8) is 0 Å². The van der Waals surface area contributed by atoms with Crippen LogP contribution in [0, 0.1) is 17.0 Å². The number of alkyl halides is 2. The smallest absolute Gasteiger partial charge is 0.366 e. The van der Waals surface area contributed by atoms with E-state index in [1.54, 1.807) is 0 Å². The summed E-state index contributed by atoms with van der Waals surface area (Å²) in [6.45, 7) is 1.04. The summed E-state index contributed by atoms with van der Waals surface area (Å²) in [5, 5.41) is 19.1. The molecule has 0 radical (unpaired) electrons. The SMILES string of the molecule is Cc1c([N+](=O)[O-])ncc(C(=O)O)c1C(F)F. The summed E-state index contributed by atoms with van der Waals surface area (Å²) in [5.41, 5.74) is -2.02. The van der Waals surface area contributed by atoms with Gasteiger partial charge in [-0.25, -0.2) is 13.6 Å². The first-order chi connectivity index (χ1) is 7.36. The average Bonchev–Trinajstić information content (AvgIpc) is 2.15. The van der Waals surface area contributed by atoms with Gasteiger partial charge >= 0.3 is 11.8 Å². The summed E-state index contributed by atoms with van der Waals surface area (Å²) in [5.74, 6) is -2.36. The van der Waals surface area contributed by atoms with E-state index < -0.39 is 39.8 Å². The van der Waals surface area contributed by atoms with Crippen molar-refractivity contribution >= 4 is 11.8 Å². The van der Waals surface area contributed by atoms with Gasteiger partial charge < -0.3 is 15.2 Å². The molecule has 1 aromatic rings. The van der Waals surface area contributed by atoms with Crippen LogP contribution < -0.4 is 0 Å². The van der Waals surface area contributed by atoms with Crippen LogP contribution in [0.15, 0.2) is 6.20 Å². The van der Waals surface area contributed by atoms with Gasteiger partial charge in [0.15, 0.2) is 6.20 Å². The molecule has 1 rings (SSSR count). The zero-order valence-electron chi connectivity index (χ0n) is 7.98. The van der Waals surface area contributed by atoms with Crippen LogP contribution in [0.3, 0.4) is 0 Å². The van der Waals surface area contributed by atoms with Gasteiger partial charge in [-0.2, -0.15) is 0 Å². The van der Waals surface area contributed by atoms with Crippen LogP contribution in [0.4, 0.5) is 14.6 Å². The monoisotopic (exact) mass is 232 g/mol. The topological polar surface area (TPSA) is 93.3 Å².